The lowest BCUT2D eigenvalue weighted by molar-refractivity contribution is 0.841. The highest BCUT2D eigenvalue weighted by Gasteiger charge is 2.14. The van der Waals surface area contributed by atoms with Crippen LogP contribution in [0, 0.1) is 6.92 Å². The van der Waals surface area contributed by atoms with Crippen molar-refractivity contribution in [3.8, 4) is 5.69 Å². The van der Waals surface area contributed by atoms with Crippen LogP contribution in [0.5, 0.6) is 0 Å². The van der Waals surface area contributed by atoms with Crippen molar-refractivity contribution in [2.75, 3.05) is 11.1 Å². The van der Waals surface area contributed by atoms with Gasteiger partial charge in [0, 0.05) is 10.7 Å². The van der Waals surface area contributed by atoms with Gasteiger partial charge in [-0.15, -0.1) is 10.2 Å². The van der Waals surface area contributed by atoms with E-state index >= 15 is 0 Å². The number of nitrogens with zero attached hydrogens (tertiary/aromatic N) is 3. The predicted molar refractivity (Wildman–Crippen MR) is 101 cm³/mol. The first-order chi connectivity index (χ1) is 11.7. The van der Waals surface area contributed by atoms with Gasteiger partial charge in [0.2, 0.25) is 0 Å². The summed E-state index contributed by atoms with van der Waals surface area (Å²) in [7, 11) is 0. The van der Waals surface area contributed by atoms with Crippen molar-refractivity contribution in [3.05, 3.63) is 64.9 Å². The third kappa shape index (κ3) is 3.91. The largest absolute Gasteiger partial charge is 0.378 e. The van der Waals surface area contributed by atoms with Gasteiger partial charge in [0.25, 0.3) is 0 Å². The lowest BCUT2D eigenvalue weighted by Crippen LogP contribution is -2.08. The first-order valence-electron chi connectivity index (χ1n) is 7.81. The normalized spacial score (nSPS) is 10.8. The summed E-state index contributed by atoms with van der Waals surface area (Å²) in [5.41, 5.74) is 3.28. The Morgan fingerprint density at radius 2 is 1.92 bits per heavy atom. The van der Waals surface area contributed by atoms with Crippen molar-refractivity contribution in [2.45, 2.75) is 25.5 Å². The molecule has 0 aliphatic rings. The molecule has 1 aromatic heterocycles. The molecule has 0 unspecified atom stereocenters. The van der Waals surface area contributed by atoms with E-state index in [4.69, 9.17) is 11.6 Å². The smallest absolute Gasteiger partial charge is 0.195 e. The molecule has 2 aromatic carbocycles. The van der Waals surface area contributed by atoms with Crippen molar-refractivity contribution >= 4 is 29.1 Å². The topological polar surface area (TPSA) is 42.7 Å². The molecule has 3 aromatic rings. The van der Waals surface area contributed by atoms with Crippen molar-refractivity contribution in [1.29, 1.82) is 0 Å². The molecular formula is C18H19ClN4S. The fourth-order valence-corrected chi connectivity index (χ4v) is 3.25. The Kier molecular flexibility index (Phi) is 5.43. The number of halogens is 1. The average Bonchev–Trinajstić information content (AvgIpc) is 2.97. The third-order valence-corrected chi connectivity index (χ3v) is 4.59. The number of aryl methyl sites for hydroxylation is 1. The van der Waals surface area contributed by atoms with Crippen molar-refractivity contribution in [1.82, 2.24) is 14.8 Å². The van der Waals surface area contributed by atoms with Gasteiger partial charge in [-0.2, -0.15) is 0 Å². The molecule has 0 saturated carbocycles. The third-order valence-electron chi connectivity index (χ3n) is 3.54. The first-order valence-corrected chi connectivity index (χ1v) is 9.17. The van der Waals surface area contributed by atoms with E-state index in [1.54, 1.807) is 11.8 Å². The molecule has 0 saturated heterocycles. The summed E-state index contributed by atoms with van der Waals surface area (Å²) in [5, 5.41) is 13.7. The number of aromatic nitrogens is 3. The fraction of sp³-hybridized carbons (Fsp3) is 0.222. The molecule has 0 atom stereocenters. The second-order valence-electron chi connectivity index (χ2n) is 5.37. The summed E-state index contributed by atoms with van der Waals surface area (Å²) < 4.78 is 2.06. The molecule has 0 aliphatic carbocycles. The molecule has 0 amide bonds. The Balaban J connectivity index is 1.88. The molecule has 3 rings (SSSR count). The van der Waals surface area contributed by atoms with Gasteiger partial charge in [-0.3, -0.25) is 4.57 Å². The summed E-state index contributed by atoms with van der Waals surface area (Å²) in [5.74, 6) is 1.79. The predicted octanol–water partition coefficient (Wildman–Crippen LogP) is 4.95. The standard InChI is InChI=1S/C18H19ClN4S/c1-3-24-18-22-21-17(12-20-15-9-7-13(2)8-10-15)23(18)16-6-4-5-14(19)11-16/h4-11,20H,3,12H2,1-2H3. The highest BCUT2D eigenvalue weighted by atomic mass is 35.5. The number of hydrogen-bond donors (Lipinski definition) is 1. The van der Waals surface area contributed by atoms with E-state index in [-0.39, 0.29) is 0 Å². The number of nitrogens with one attached hydrogen (secondary N) is 1. The van der Waals surface area contributed by atoms with E-state index in [9.17, 15) is 0 Å². The summed E-state index contributed by atoms with van der Waals surface area (Å²) in [6, 6.07) is 16.1. The Bertz CT molecular complexity index is 814. The van der Waals surface area contributed by atoms with E-state index in [0.29, 0.717) is 11.6 Å². The summed E-state index contributed by atoms with van der Waals surface area (Å²) >= 11 is 7.82. The molecule has 0 spiro atoms. The summed E-state index contributed by atoms with van der Waals surface area (Å²) in [6.07, 6.45) is 0. The molecule has 1 heterocycles. The Morgan fingerprint density at radius 3 is 2.62 bits per heavy atom. The number of hydrogen-bond acceptors (Lipinski definition) is 4. The molecule has 1 N–H and O–H groups in total. The van der Waals surface area contributed by atoms with Crippen LogP contribution < -0.4 is 5.32 Å². The van der Waals surface area contributed by atoms with Gasteiger partial charge >= 0.3 is 0 Å². The minimum absolute atomic E-state index is 0.590. The number of anilines is 1. The second-order valence-corrected chi connectivity index (χ2v) is 7.03. The number of thioether (sulfide) groups is 1. The lowest BCUT2D eigenvalue weighted by atomic mass is 10.2. The molecule has 24 heavy (non-hydrogen) atoms. The van der Waals surface area contributed by atoms with Crippen LogP contribution in [-0.2, 0) is 6.54 Å². The summed E-state index contributed by atoms with van der Waals surface area (Å²) in [6.45, 7) is 4.77. The quantitative estimate of drug-likeness (QED) is 0.633. The van der Waals surface area contributed by atoms with Crippen molar-refractivity contribution in [3.63, 3.8) is 0 Å². The van der Waals surface area contributed by atoms with Crippen LogP contribution in [0.1, 0.15) is 18.3 Å². The van der Waals surface area contributed by atoms with Gasteiger partial charge in [0.1, 0.15) is 0 Å². The molecular weight excluding hydrogens is 340 g/mol. The molecule has 124 valence electrons. The first kappa shape index (κ1) is 16.9. The van der Waals surface area contributed by atoms with E-state index in [1.807, 2.05) is 24.3 Å². The minimum atomic E-state index is 0.590. The number of rotatable bonds is 6. The zero-order chi connectivity index (χ0) is 16.9. The molecule has 0 bridgehead atoms. The van der Waals surface area contributed by atoms with Crippen LogP contribution in [-0.4, -0.2) is 20.5 Å². The van der Waals surface area contributed by atoms with E-state index in [0.717, 1.165) is 28.1 Å². The molecule has 4 nitrogen and oxygen atoms in total. The van der Waals surface area contributed by atoms with Gasteiger partial charge in [0.05, 0.1) is 12.2 Å². The molecule has 6 heteroatoms. The van der Waals surface area contributed by atoms with Gasteiger partial charge < -0.3 is 5.32 Å². The molecule has 0 radical (unpaired) electrons. The highest BCUT2D eigenvalue weighted by molar-refractivity contribution is 7.99. The van der Waals surface area contributed by atoms with E-state index < -0.39 is 0 Å². The average molecular weight is 359 g/mol. The van der Waals surface area contributed by atoms with Gasteiger partial charge in [-0.05, 0) is 43.0 Å². The highest BCUT2D eigenvalue weighted by Crippen LogP contribution is 2.24. The van der Waals surface area contributed by atoms with E-state index in [1.165, 1.54) is 5.56 Å². The van der Waals surface area contributed by atoms with Crippen molar-refractivity contribution in [2.24, 2.45) is 0 Å². The second kappa shape index (κ2) is 7.73. The Labute approximate surface area is 151 Å². The number of benzene rings is 2. The maximum Gasteiger partial charge on any atom is 0.195 e. The van der Waals surface area contributed by atoms with Crippen LogP contribution >= 0.6 is 23.4 Å². The van der Waals surface area contributed by atoms with E-state index in [2.05, 4.69) is 58.2 Å². The zero-order valence-electron chi connectivity index (χ0n) is 13.7. The maximum absolute atomic E-state index is 6.15. The summed E-state index contributed by atoms with van der Waals surface area (Å²) in [4.78, 5) is 0. The van der Waals surface area contributed by atoms with Gasteiger partial charge in [0.15, 0.2) is 11.0 Å². The zero-order valence-corrected chi connectivity index (χ0v) is 15.2. The van der Waals surface area contributed by atoms with Crippen LogP contribution in [0.15, 0.2) is 53.7 Å². The van der Waals surface area contributed by atoms with Gasteiger partial charge in [-0.25, -0.2) is 0 Å². The van der Waals surface area contributed by atoms with Crippen LogP contribution in [0.3, 0.4) is 0 Å². The Hall–Kier alpha value is -1.98. The minimum Gasteiger partial charge on any atom is -0.378 e. The van der Waals surface area contributed by atoms with Crippen LogP contribution in [0.2, 0.25) is 5.02 Å². The molecule has 0 aliphatic heterocycles. The Morgan fingerprint density at radius 1 is 1.12 bits per heavy atom. The van der Waals surface area contributed by atoms with Crippen molar-refractivity contribution < 1.29 is 0 Å². The van der Waals surface area contributed by atoms with Gasteiger partial charge in [-0.1, -0.05) is 54.0 Å². The van der Waals surface area contributed by atoms with Crippen LogP contribution in [0.25, 0.3) is 5.69 Å². The van der Waals surface area contributed by atoms with Crippen LogP contribution in [0.4, 0.5) is 5.69 Å². The lowest BCUT2D eigenvalue weighted by Gasteiger charge is -2.11. The fourth-order valence-electron chi connectivity index (χ4n) is 2.36. The molecule has 0 fully saturated rings. The monoisotopic (exact) mass is 358 g/mol. The SMILES string of the molecule is CCSc1nnc(CNc2ccc(C)cc2)n1-c1cccc(Cl)c1. The maximum atomic E-state index is 6.15.